The fourth-order valence-corrected chi connectivity index (χ4v) is 1.96. The number of nitrogens with one attached hydrogen (secondary N) is 1. The van der Waals surface area contributed by atoms with Crippen molar-refractivity contribution < 1.29 is 9.90 Å². The van der Waals surface area contributed by atoms with Gasteiger partial charge in [0.05, 0.1) is 12.6 Å². The summed E-state index contributed by atoms with van der Waals surface area (Å²) in [5, 5.41) is 12.2. The molecule has 0 radical (unpaired) electrons. The largest absolute Gasteiger partial charge is 0.394 e. The van der Waals surface area contributed by atoms with Crippen LogP contribution in [0.3, 0.4) is 0 Å². The lowest BCUT2D eigenvalue weighted by molar-refractivity contribution is -0.117. The molecular formula is C17H18N2O2. The van der Waals surface area contributed by atoms with Crippen molar-refractivity contribution in [2.75, 3.05) is 6.61 Å². The highest BCUT2D eigenvalue weighted by molar-refractivity contribution is 5.91. The minimum absolute atomic E-state index is 0.0959. The summed E-state index contributed by atoms with van der Waals surface area (Å²) in [6.45, 7) is -0.0959. The van der Waals surface area contributed by atoms with E-state index < -0.39 is 0 Å². The predicted molar refractivity (Wildman–Crippen MR) is 82.4 cm³/mol. The minimum Gasteiger partial charge on any atom is -0.394 e. The summed E-state index contributed by atoms with van der Waals surface area (Å²) in [5.41, 5.74) is 1.93. The van der Waals surface area contributed by atoms with Gasteiger partial charge in [-0.1, -0.05) is 36.4 Å². The number of benzene rings is 1. The highest BCUT2D eigenvalue weighted by Crippen LogP contribution is 2.03. The molecule has 1 atom stereocenters. The van der Waals surface area contributed by atoms with Crippen LogP contribution in [0.15, 0.2) is 60.9 Å². The van der Waals surface area contributed by atoms with Crippen LogP contribution in [0, 0.1) is 0 Å². The Balaban J connectivity index is 1.89. The normalized spacial score (nSPS) is 12.2. The van der Waals surface area contributed by atoms with Crippen LogP contribution in [-0.2, 0) is 11.2 Å². The van der Waals surface area contributed by atoms with Crippen LogP contribution >= 0.6 is 0 Å². The number of nitrogens with zero attached hydrogens (tertiary/aromatic N) is 1. The number of hydrogen-bond acceptors (Lipinski definition) is 3. The average Bonchev–Trinajstić information content (AvgIpc) is 2.54. The van der Waals surface area contributed by atoms with Gasteiger partial charge in [-0.05, 0) is 29.7 Å². The molecule has 1 heterocycles. The molecule has 1 amide bonds. The van der Waals surface area contributed by atoms with E-state index in [9.17, 15) is 9.90 Å². The predicted octanol–water partition coefficient (Wildman–Crippen LogP) is 1.81. The van der Waals surface area contributed by atoms with Crippen LogP contribution in [0.4, 0.5) is 0 Å². The van der Waals surface area contributed by atoms with Gasteiger partial charge in [0.15, 0.2) is 0 Å². The topological polar surface area (TPSA) is 62.2 Å². The van der Waals surface area contributed by atoms with Gasteiger partial charge in [0.2, 0.25) is 5.91 Å². The van der Waals surface area contributed by atoms with E-state index in [-0.39, 0.29) is 18.6 Å². The number of pyridine rings is 1. The standard InChI is InChI=1S/C17H18N2O2/c20-13-16(11-14-5-2-1-3-6-14)19-17(21)9-8-15-7-4-10-18-12-15/h1-10,12,16,20H,11,13H2,(H,19,21)/b9-8+/t16-/m1/s1. The SMILES string of the molecule is O=C(/C=C/c1cccnc1)N[C@@H](CO)Cc1ccccc1. The first-order chi connectivity index (χ1) is 10.3. The molecule has 0 aliphatic heterocycles. The smallest absolute Gasteiger partial charge is 0.244 e. The number of carbonyl (C=O) groups excluding carboxylic acids is 1. The Hall–Kier alpha value is -2.46. The number of carbonyl (C=O) groups is 1. The summed E-state index contributed by atoms with van der Waals surface area (Å²) in [5.74, 6) is -0.228. The van der Waals surface area contributed by atoms with Crippen LogP contribution in [-0.4, -0.2) is 28.6 Å². The maximum Gasteiger partial charge on any atom is 0.244 e. The van der Waals surface area contributed by atoms with Gasteiger partial charge < -0.3 is 10.4 Å². The van der Waals surface area contributed by atoms with Gasteiger partial charge in [-0.25, -0.2) is 0 Å². The Morgan fingerprint density at radius 2 is 2.05 bits per heavy atom. The molecule has 21 heavy (non-hydrogen) atoms. The van der Waals surface area contributed by atoms with Gasteiger partial charge in [0.1, 0.15) is 0 Å². The van der Waals surface area contributed by atoms with Gasteiger partial charge >= 0.3 is 0 Å². The molecular weight excluding hydrogens is 264 g/mol. The Kier molecular flexibility index (Phi) is 5.67. The molecule has 0 spiro atoms. The Labute approximate surface area is 124 Å². The monoisotopic (exact) mass is 282 g/mol. The van der Waals surface area contributed by atoms with E-state index >= 15 is 0 Å². The molecule has 1 aromatic carbocycles. The summed E-state index contributed by atoms with van der Waals surface area (Å²) >= 11 is 0. The maximum absolute atomic E-state index is 11.8. The third-order valence-corrected chi connectivity index (χ3v) is 3.00. The van der Waals surface area contributed by atoms with Crippen molar-refractivity contribution in [3.8, 4) is 0 Å². The molecule has 0 fully saturated rings. The Bertz CT molecular complexity index is 582. The molecule has 0 aliphatic rings. The van der Waals surface area contributed by atoms with Crippen LogP contribution < -0.4 is 5.32 Å². The van der Waals surface area contributed by atoms with Crippen LogP contribution in [0.5, 0.6) is 0 Å². The van der Waals surface area contributed by atoms with Gasteiger partial charge in [-0.15, -0.1) is 0 Å². The first kappa shape index (κ1) is 14.9. The molecule has 0 aliphatic carbocycles. The van der Waals surface area contributed by atoms with E-state index in [2.05, 4.69) is 10.3 Å². The second-order valence-electron chi connectivity index (χ2n) is 4.70. The first-order valence-electron chi connectivity index (χ1n) is 6.81. The summed E-state index contributed by atoms with van der Waals surface area (Å²) in [7, 11) is 0. The number of aliphatic hydroxyl groups excluding tert-OH is 1. The summed E-state index contributed by atoms with van der Waals surface area (Å²) in [4.78, 5) is 15.8. The second-order valence-corrected chi connectivity index (χ2v) is 4.70. The lowest BCUT2D eigenvalue weighted by atomic mass is 10.1. The third-order valence-electron chi connectivity index (χ3n) is 3.00. The van der Waals surface area contributed by atoms with Gasteiger partial charge in [-0.2, -0.15) is 0 Å². The van der Waals surface area contributed by atoms with E-state index in [0.29, 0.717) is 6.42 Å². The van der Waals surface area contributed by atoms with Crippen LogP contribution in [0.2, 0.25) is 0 Å². The molecule has 108 valence electrons. The molecule has 0 saturated heterocycles. The second kappa shape index (κ2) is 7.97. The zero-order valence-corrected chi connectivity index (χ0v) is 11.6. The van der Waals surface area contributed by atoms with Crippen LogP contribution in [0.1, 0.15) is 11.1 Å². The van der Waals surface area contributed by atoms with Crippen molar-refractivity contribution in [1.29, 1.82) is 0 Å². The van der Waals surface area contributed by atoms with Crippen molar-refractivity contribution in [1.82, 2.24) is 10.3 Å². The molecule has 2 rings (SSSR count). The Morgan fingerprint density at radius 1 is 1.24 bits per heavy atom. The summed E-state index contributed by atoms with van der Waals surface area (Å²) in [6.07, 6.45) is 7.10. The number of aromatic nitrogens is 1. The van der Waals surface area contributed by atoms with E-state index in [1.807, 2.05) is 42.5 Å². The molecule has 1 aromatic heterocycles. The lowest BCUT2D eigenvalue weighted by Crippen LogP contribution is -2.38. The quantitative estimate of drug-likeness (QED) is 0.794. The van der Waals surface area contributed by atoms with E-state index in [4.69, 9.17) is 0 Å². The molecule has 0 bridgehead atoms. The Morgan fingerprint density at radius 3 is 2.71 bits per heavy atom. The molecule has 4 nitrogen and oxygen atoms in total. The average molecular weight is 282 g/mol. The molecule has 4 heteroatoms. The van der Waals surface area contributed by atoms with Crippen molar-refractivity contribution in [2.24, 2.45) is 0 Å². The lowest BCUT2D eigenvalue weighted by Gasteiger charge is -2.15. The number of aliphatic hydroxyl groups is 1. The fraction of sp³-hybridized carbons (Fsp3) is 0.176. The zero-order valence-electron chi connectivity index (χ0n) is 11.6. The fourth-order valence-electron chi connectivity index (χ4n) is 1.96. The van der Waals surface area contributed by atoms with Crippen LogP contribution in [0.25, 0.3) is 6.08 Å². The van der Waals surface area contributed by atoms with E-state index in [1.54, 1.807) is 18.5 Å². The maximum atomic E-state index is 11.8. The highest BCUT2D eigenvalue weighted by atomic mass is 16.3. The third kappa shape index (κ3) is 5.20. The first-order valence-corrected chi connectivity index (χ1v) is 6.81. The summed E-state index contributed by atoms with van der Waals surface area (Å²) in [6, 6.07) is 13.1. The van der Waals surface area contributed by atoms with Crippen molar-refractivity contribution in [2.45, 2.75) is 12.5 Å². The van der Waals surface area contributed by atoms with Crippen molar-refractivity contribution in [3.63, 3.8) is 0 Å². The molecule has 0 saturated carbocycles. The zero-order chi connectivity index (χ0) is 14.9. The molecule has 2 aromatic rings. The molecule has 0 unspecified atom stereocenters. The van der Waals surface area contributed by atoms with Gasteiger partial charge in [-0.3, -0.25) is 9.78 Å². The van der Waals surface area contributed by atoms with Crippen molar-refractivity contribution in [3.05, 3.63) is 72.1 Å². The van der Waals surface area contributed by atoms with E-state index in [1.165, 1.54) is 6.08 Å². The summed E-state index contributed by atoms with van der Waals surface area (Å²) < 4.78 is 0. The van der Waals surface area contributed by atoms with Crippen molar-refractivity contribution >= 4 is 12.0 Å². The number of hydrogen-bond donors (Lipinski definition) is 2. The number of amides is 1. The number of rotatable bonds is 6. The molecule has 2 N–H and O–H groups in total. The minimum atomic E-state index is -0.293. The van der Waals surface area contributed by atoms with Gasteiger partial charge in [0, 0.05) is 18.5 Å². The van der Waals surface area contributed by atoms with Gasteiger partial charge in [0.25, 0.3) is 0 Å². The highest BCUT2D eigenvalue weighted by Gasteiger charge is 2.10. The van der Waals surface area contributed by atoms with E-state index in [0.717, 1.165) is 11.1 Å².